The average Bonchev–Trinajstić information content (AvgIpc) is 2.88. The number of nitrogens with two attached hydrogens (primary N) is 1. The van der Waals surface area contributed by atoms with E-state index in [0.29, 0.717) is 5.92 Å². The molecule has 0 amide bonds. The minimum absolute atomic E-state index is 0.652. The molecule has 1 saturated carbocycles. The van der Waals surface area contributed by atoms with Crippen molar-refractivity contribution in [2.75, 3.05) is 6.54 Å². The molecule has 1 aliphatic rings. The van der Waals surface area contributed by atoms with Crippen molar-refractivity contribution >= 4 is 0 Å². The van der Waals surface area contributed by atoms with Gasteiger partial charge < -0.3 is 5.73 Å². The second-order valence-corrected chi connectivity index (χ2v) is 3.66. The number of aromatic nitrogens is 3. The molecule has 0 spiro atoms. The van der Waals surface area contributed by atoms with E-state index in [2.05, 4.69) is 15.2 Å². The fourth-order valence-corrected chi connectivity index (χ4v) is 1.38. The van der Waals surface area contributed by atoms with Crippen LogP contribution in [-0.4, -0.2) is 21.7 Å². The van der Waals surface area contributed by atoms with Gasteiger partial charge in [0.15, 0.2) is 5.82 Å². The quantitative estimate of drug-likeness (QED) is 0.663. The Bertz CT molecular complexity index is 264. The van der Waals surface area contributed by atoms with Crippen molar-refractivity contribution in [2.24, 2.45) is 5.73 Å². The fourth-order valence-electron chi connectivity index (χ4n) is 1.38. The summed E-state index contributed by atoms with van der Waals surface area (Å²) in [5.74, 6) is 2.69. The van der Waals surface area contributed by atoms with Crippen LogP contribution < -0.4 is 5.73 Å². The monoisotopic (exact) mass is 180 g/mol. The molecular weight excluding hydrogens is 164 g/mol. The third-order valence-electron chi connectivity index (χ3n) is 2.36. The topological polar surface area (TPSA) is 67.6 Å². The Morgan fingerprint density at radius 3 is 2.92 bits per heavy atom. The van der Waals surface area contributed by atoms with E-state index in [1.54, 1.807) is 0 Å². The Morgan fingerprint density at radius 2 is 2.23 bits per heavy atom. The molecule has 4 heteroatoms. The molecule has 0 aromatic carbocycles. The van der Waals surface area contributed by atoms with Crippen molar-refractivity contribution < 1.29 is 0 Å². The Balaban J connectivity index is 1.82. The highest BCUT2D eigenvalue weighted by atomic mass is 15.2. The van der Waals surface area contributed by atoms with Crippen LogP contribution in [0.3, 0.4) is 0 Å². The van der Waals surface area contributed by atoms with E-state index in [-0.39, 0.29) is 0 Å². The number of hydrogen-bond donors (Lipinski definition) is 2. The van der Waals surface area contributed by atoms with E-state index in [0.717, 1.165) is 37.5 Å². The molecule has 0 bridgehead atoms. The number of aryl methyl sites for hydroxylation is 1. The molecule has 2 rings (SSSR count). The standard InChI is InChI=1S/C9H16N4/c10-6-2-1-3-8-11-9(13-12-8)7-4-5-7/h7H,1-6,10H2,(H,11,12,13). The maximum Gasteiger partial charge on any atom is 0.153 e. The first kappa shape index (κ1) is 8.69. The molecule has 1 aromatic rings. The molecule has 0 atom stereocenters. The fraction of sp³-hybridized carbons (Fsp3) is 0.778. The molecule has 0 saturated heterocycles. The van der Waals surface area contributed by atoms with E-state index in [1.807, 2.05) is 0 Å². The third kappa shape index (κ3) is 2.28. The predicted molar refractivity (Wildman–Crippen MR) is 50.4 cm³/mol. The molecule has 1 fully saturated rings. The summed E-state index contributed by atoms with van der Waals surface area (Å²) >= 11 is 0. The van der Waals surface area contributed by atoms with Crippen LogP contribution in [0.1, 0.15) is 43.3 Å². The lowest BCUT2D eigenvalue weighted by atomic mass is 10.2. The lowest BCUT2D eigenvalue weighted by molar-refractivity contribution is 0.718. The summed E-state index contributed by atoms with van der Waals surface area (Å²) in [5, 5.41) is 7.17. The zero-order chi connectivity index (χ0) is 9.10. The summed E-state index contributed by atoms with van der Waals surface area (Å²) < 4.78 is 0. The minimum atomic E-state index is 0.652. The molecule has 72 valence electrons. The highest BCUT2D eigenvalue weighted by Gasteiger charge is 2.27. The van der Waals surface area contributed by atoms with Gasteiger partial charge in [-0.15, -0.1) is 0 Å². The van der Waals surface area contributed by atoms with Crippen molar-refractivity contribution in [1.29, 1.82) is 0 Å². The summed E-state index contributed by atoms with van der Waals surface area (Å²) in [6.45, 7) is 0.767. The first-order valence-electron chi connectivity index (χ1n) is 5.01. The highest BCUT2D eigenvalue weighted by molar-refractivity contribution is 5.04. The summed E-state index contributed by atoms with van der Waals surface area (Å²) in [5.41, 5.74) is 5.41. The van der Waals surface area contributed by atoms with Crippen LogP contribution in [0.5, 0.6) is 0 Å². The summed E-state index contributed by atoms with van der Waals surface area (Å²) in [4.78, 5) is 4.44. The number of rotatable bonds is 5. The third-order valence-corrected chi connectivity index (χ3v) is 2.36. The highest BCUT2D eigenvalue weighted by Crippen LogP contribution is 2.37. The first-order chi connectivity index (χ1) is 6.40. The van der Waals surface area contributed by atoms with Gasteiger partial charge in [-0.1, -0.05) is 0 Å². The normalized spacial score (nSPS) is 16.4. The lowest BCUT2D eigenvalue weighted by Crippen LogP contribution is -1.99. The molecule has 3 N–H and O–H groups in total. The maximum atomic E-state index is 5.41. The van der Waals surface area contributed by atoms with E-state index < -0.39 is 0 Å². The van der Waals surface area contributed by atoms with E-state index in [4.69, 9.17) is 5.73 Å². The molecule has 0 radical (unpaired) electrons. The van der Waals surface area contributed by atoms with Crippen LogP contribution in [0.2, 0.25) is 0 Å². The maximum absolute atomic E-state index is 5.41. The molecule has 1 aromatic heterocycles. The number of hydrogen-bond acceptors (Lipinski definition) is 3. The molecule has 0 aliphatic heterocycles. The number of aromatic amines is 1. The van der Waals surface area contributed by atoms with Gasteiger partial charge in [0.1, 0.15) is 5.82 Å². The smallest absolute Gasteiger partial charge is 0.153 e. The second-order valence-electron chi connectivity index (χ2n) is 3.66. The molecule has 1 heterocycles. The van der Waals surface area contributed by atoms with Gasteiger partial charge in [0.05, 0.1) is 0 Å². The molecular formula is C9H16N4. The van der Waals surface area contributed by atoms with Gasteiger partial charge in [-0.3, -0.25) is 5.10 Å². The number of unbranched alkanes of at least 4 members (excludes halogenated alkanes) is 1. The van der Waals surface area contributed by atoms with Gasteiger partial charge in [-0.2, -0.15) is 5.10 Å². The van der Waals surface area contributed by atoms with E-state index in [1.165, 1.54) is 12.8 Å². The predicted octanol–water partition coefficient (Wildman–Crippen LogP) is 0.963. The van der Waals surface area contributed by atoms with Crippen molar-refractivity contribution in [3.63, 3.8) is 0 Å². The van der Waals surface area contributed by atoms with Gasteiger partial charge in [-0.05, 0) is 32.2 Å². The van der Waals surface area contributed by atoms with Crippen LogP contribution in [-0.2, 0) is 6.42 Å². The van der Waals surface area contributed by atoms with Crippen LogP contribution in [0, 0.1) is 0 Å². The van der Waals surface area contributed by atoms with Gasteiger partial charge in [0.2, 0.25) is 0 Å². The number of nitrogens with one attached hydrogen (secondary N) is 1. The summed E-state index contributed by atoms with van der Waals surface area (Å²) in [6, 6.07) is 0. The van der Waals surface area contributed by atoms with E-state index in [9.17, 15) is 0 Å². The van der Waals surface area contributed by atoms with Crippen LogP contribution in [0.25, 0.3) is 0 Å². The molecule has 1 aliphatic carbocycles. The van der Waals surface area contributed by atoms with Crippen LogP contribution in [0.15, 0.2) is 0 Å². The van der Waals surface area contributed by atoms with Gasteiger partial charge >= 0.3 is 0 Å². The number of nitrogens with zero attached hydrogens (tertiary/aromatic N) is 2. The van der Waals surface area contributed by atoms with E-state index >= 15 is 0 Å². The summed E-state index contributed by atoms with van der Waals surface area (Å²) in [6.07, 6.45) is 5.69. The van der Waals surface area contributed by atoms with Crippen molar-refractivity contribution in [1.82, 2.24) is 15.2 Å². The van der Waals surface area contributed by atoms with Crippen molar-refractivity contribution in [3.05, 3.63) is 11.6 Å². The Hall–Kier alpha value is -0.900. The SMILES string of the molecule is NCCCCc1nc(C2CC2)n[nH]1. The Kier molecular flexibility index (Phi) is 2.59. The van der Waals surface area contributed by atoms with Crippen molar-refractivity contribution in [3.8, 4) is 0 Å². The molecule has 4 nitrogen and oxygen atoms in total. The van der Waals surface area contributed by atoms with Gasteiger partial charge in [0.25, 0.3) is 0 Å². The average molecular weight is 180 g/mol. The van der Waals surface area contributed by atoms with Gasteiger partial charge in [-0.25, -0.2) is 4.98 Å². The second kappa shape index (κ2) is 3.87. The lowest BCUT2D eigenvalue weighted by Gasteiger charge is -1.93. The Morgan fingerprint density at radius 1 is 1.38 bits per heavy atom. The van der Waals surface area contributed by atoms with Crippen LogP contribution in [0.4, 0.5) is 0 Å². The summed E-state index contributed by atoms with van der Waals surface area (Å²) in [7, 11) is 0. The van der Waals surface area contributed by atoms with Gasteiger partial charge in [0, 0.05) is 12.3 Å². The Labute approximate surface area is 77.9 Å². The largest absolute Gasteiger partial charge is 0.330 e. The number of H-pyrrole nitrogens is 1. The first-order valence-corrected chi connectivity index (χ1v) is 5.01. The van der Waals surface area contributed by atoms with Crippen molar-refractivity contribution in [2.45, 2.75) is 38.0 Å². The minimum Gasteiger partial charge on any atom is -0.330 e. The van der Waals surface area contributed by atoms with Crippen LogP contribution >= 0.6 is 0 Å². The zero-order valence-electron chi connectivity index (χ0n) is 7.79. The molecule has 13 heavy (non-hydrogen) atoms. The molecule has 0 unspecified atom stereocenters. The zero-order valence-corrected chi connectivity index (χ0v) is 7.79.